The lowest BCUT2D eigenvalue weighted by Gasteiger charge is -2.33. The maximum atomic E-state index is 13.5. The largest absolute Gasteiger partial charge is 0.390 e. The van der Waals surface area contributed by atoms with Gasteiger partial charge in [0.15, 0.2) is 0 Å². The molecular formula is C24H29N3O4. The Labute approximate surface area is 182 Å². The summed E-state index contributed by atoms with van der Waals surface area (Å²) in [5.41, 5.74) is 1.33. The average molecular weight is 424 g/mol. The summed E-state index contributed by atoms with van der Waals surface area (Å²) in [4.78, 5) is 28.0. The van der Waals surface area contributed by atoms with E-state index in [1.165, 1.54) is 43.5 Å². The lowest BCUT2D eigenvalue weighted by Crippen LogP contribution is -2.46. The first-order valence-corrected chi connectivity index (χ1v) is 11.0. The van der Waals surface area contributed by atoms with Crippen molar-refractivity contribution in [2.75, 3.05) is 13.1 Å². The Morgan fingerprint density at radius 1 is 1.03 bits per heavy atom. The number of carbonyl (C=O) groups excluding carboxylic acids is 1. The summed E-state index contributed by atoms with van der Waals surface area (Å²) < 4.78 is 0. The van der Waals surface area contributed by atoms with E-state index < -0.39 is 11.0 Å². The zero-order valence-corrected chi connectivity index (χ0v) is 17.6. The number of aliphatic hydroxyl groups is 1. The van der Waals surface area contributed by atoms with Gasteiger partial charge in [-0.05, 0) is 30.5 Å². The van der Waals surface area contributed by atoms with Crippen LogP contribution in [0, 0.1) is 10.1 Å². The molecule has 31 heavy (non-hydrogen) atoms. The summed E-state index contributed by atoms with van der Waals surface area (Å²) in [6.07, 6.45) is 5.39. The van der Waals surface area contributed by atoms with Crippen LogP contribution in [-0.2, 0) is 6.54 Å². The van der Waals surface area contributed by atoms with E-state index in [-0.39, 0.29) is 17.6 Å². The molecular weight excluding hydrogens is 394 g/mol. The molecule has 0 radical (unpaired) electrons. The molecule has 2 aromatic carbocycles. The Morgan fingerprint density at radius 2 is 1.71 bits per heavy atom. The van der Waals surface area contributed by atoms with Crippen LogP contribution < -0.4 is 0 Å². The number of rotatable bonds is 6. The zero-order valence-electron chi connectivity index (χ0n) is 17.6. The molecule has 0 unspecified atom stereocenters. The highest BCUT2D eigenvalue weighted by molar-refractivity contribution is 5.94. The number of hydrogen-bond donors (Lipinski definition) is 1. The van der Waals surface area contributed by atoms with Gasteiger partial charge in [-0.1, -0.05) is 49.6 Å². The van der Waals surface area contributed by atoms with Crippen LogP contribution in [0.1, 0.15) is 48.0 Å². The molecule has 1 aliphatic heterocycles. The zero-order chi connectivity index (χ0) is 21.8. The number of nitro benzene ring substituents is 1. The third-order valence-corrected chi connectivity index (χ3v) is 6.56. The van der Waals surface area contributed by atoms with E-state index >= 15 is 0 Å². The van der Waals surface area contributed by atoms with Crippen molar-refractivity contribution in [2.24, 2.45) is 0 Å². The summed E-state index contributed by atoms with van der Waals surface area (Å²) in [5.74, 6) is -0.215. The van der Waals surface area contributed by atoms with Gasteiger partial charge in [0.2, 0.25) is 0 Å². The normalized spacial score (nSPS) is 22.4. The quantitative estimate of drug-likeness (QED) is 0.566. The Hall–Kier alpha value is -2.77. The van der Waals surface area contributed by atoms with Crippen molar-refractivity contribution in [1.29, 1.82) is 0 Å². The molecule has 1 saturated carbocycles. The van der Waals surface area contributed by atoms with Crippen molar-refractivity contribution in [2.45, 2.75) is 56.8 Å². The molecule has 1 heterocycles. The Bertz CT molecular complexity index is 897. The van der Waals surface area contributed by atoms with E-state index in [0.29, 0.717) is 31.2 Å². The van der Waals surface area contributed by atoms with E-state index in [1.54, 1.807) is 4.90 Å². The molecule has 2 aliphatic rings. The molecule has 0 aromatic heterocycles. The summed E-state index contributed by atoms with van der Waals surface area (Å²) in [7, 11) is 0. The molecule has 0 bridgehead atoms. The van der Waals surface area contributed by atoms with Gasteiger partial charge in [0.05, 0.1) is 17.1 Å². The topological polar surface area (TPSA) is 86.9 Å². The fraction of sp³-hybridized carbons (Fsp3) is 0.458. The summed E-state index contributed by atoms with van der Waals surface area (Å²) in [6, 6.07) is 15.6. The fourth-order valence-corrected chi connectivity index (χ4v) is 4.86. The highest BCUT2D eigenvalue weighted by atomic mass is 16.6. The van der Waals surface area contributed by atoms with Gasteiger partial charge in [0.25, 0.3) is 11.6 Å². The van der Waals surface area contributed by atoms with E-state index in [4.69, 9.17) is 0 Å². The number of nitro groups is 1. The Kier molecular flexibility index (Phi) is 6.63. The van der Waals surface area contributed by atoms with Crippen LogP contribution in [0.3, 0.4) is 0 Å². The summed E-state index contributed by atoms with van der Waals surface area (Å²) in [5, 5.41) is 21.9. The minimum Gasteiger partial charge on any atom is -0.390 e. The van der Waals surface area contributed by atoms with Gasteiger partial charge in [0, 0.05) is 43.4 Å². The van der Waals surface area contributed by atoms with Gasteiger partial charge in [-0.3, -0.25) is 19.8 Å². The lowest BCUT2D eigenvalue weighted by atomic mass is 9.94. The van der Waals surface area contributed by atoms with Crippen LogP contribution in [0.5, 0.6) is 0 Å². The van der Waals surface area contributed by atoms with Crippen molar-refractivity contribution >= 4 is 11.6 Å². The smallest absolute Gasteiger partial charge is 0.269 e. The first kappa shape index (κ1) is 21.5. The predicted octanol–water partition coefficient (Wildman–Crippen LogP) is 3.62. The maximum Gasteiger partial charge on any atom is 0.269 e. The van der Waals surface area contributed by atoms with Crippen molar-refractivity contribution in [3.8, 4) is 0 Å². The van der Waals surface area contributed by atoms with Crippen LogP contribution in [0.25, 0.3) is 0 Å². The van der Waals surface area contributed by atoms with Crippen LogP contribution in [0.4, 0.5) is 5.69 Å². The number of β-amino-alcohol motifs (C(OH)–C–C–N with tert-alkyl or cyclic N) is 1. The van der Waals surface area contributed by atoms with E-state index in [1.807, 2.05) is 30.3 Å². The highest BCUT2D eigenvalue weighted by Gasteiger charge is 2.40. The standard InChI is InChI=1S/C24H29N3O4/c28-23-17-25(20-9-5-2-6-10-20)16-22(23)26(15-18-7-3-1-4-8-18)24(29)19-11-13-21(14-12-19)27(30)31/h1,3-4,7-8,11-14,20,22-23,28H,2,5-6,9-10,15-17H2/t22-,23-/m1/s1. The maximum absolute atomic E-state index is 13.5. The van der Waals surface area contributed by atoms with Crippen LogP contribution in [0.15, 0.2) is 54.6 Å². The first-order chi connectivity index (χ1) is 15.0. The predicted molar refractivity (Wildman–Crippen MR) is 118 cm³/mol. The van der Waals surface area contributed by atoms with E-state index in [9.17, 15) is 20.0 Å². The number of hydrogen-bond acceptors (Lipinski definition) is 5. The van der Waals surface area contributed by atoms with Gasteiger partial charge in [0.1, 0.15) is 0 Å². The molecule has 164 valence electrons. The van der Waals surface area contributed by atoms with Gasteiger partial charge >= 0.3 is 0 Å². The summed E-state index contributed by atoms with van der Waals surface area (Å²) in [6.45, 7) is 1.61. The molecule has 4 rings (SSSR count). The summed E-state index contributed by atoms with van der Waals surface area (Å²) >= 11 is 0. The lowest BCUT2D eigenvalue weighted by molar-refractivity contribution is -0.384. The highest BCUT2D eigenvalue weighted by Crippen LogP contribution is 2.29. The van der Waals surface area contributed by atoms with E-state index in [2.05, 4.69) is 4.90 Å². The number of likely N-dealkylation sites (tertiary alicyclic amines) is 1. The van der Waals surface area contributed by atoms with E-state index in [0.717, 1.165) is 18.4 Å². The number of carbonyl (C=O) groups is 1. The number of non-ortho nitro benzene ring substituents is 1. The minimum absolute atomic E-state index is 0.0458. The van der Waals surface area contributed by atoms with Gasteiger partial charge in [-0.25, -0.2) is 0 Å². The SMILES string of the molecule is O=C(c1ccc([N+](=O)[O-])cc1)N(Cc1ccccc1)[C@@H]1CN(C2CCCCC2)C[C@H]1O. The third kappa shape index (κ3) is 4.94. The molecule has 7 heteroatoms. The molecule has 7 nitrogen and oxygen atoms in total. The second kappa shape index (κ2) is 9.58. The Balaban J connectivity index is 1.57. The number of nitrogens with zero attached hydrogens (tertiary/aromatic N) is 3. The average Bonchev–Trinajstić information content (AvgIpc) is 3.19. The molecule has 2 fully saturated rings. The number of benzene rings is 2. The van der Waals surface area contributed by atoms with Crippen molar-refractivity contribution in [1.82, 2.24) is 9.80 Å². The molecule has 1 aliphatic carbocycles. The van der Waals surface area contributed by atoms with Crippen molar-refractivity contribution in [3.05, 3.63) is 75.8 Å². The van der Waals surface area contributed by atoms with Crippen LogP contribution >= 0.6 is 0 Å². The fourth-order valence-electron chi connectivity index (χ4n) is 4.86. The monoisotopic (exact) mass is 423 g/mol. The molecule has 2 atom stereocenters. The molecule has 1 saturated heterocycles. The van der Waals surface area contributed by atoms with Crippen LogP contribution in [0.2, 0.25) is 0 Å². The number of aliphatic hydroxyl groups excluding tert-OH is 1. The van der Waals surface area contributed by atoms with Gasteiger partial charge in [-0.15, -0.1) is 0 Å². The van der Waals surface area contributed by atoms with Crippen molar-refractivity contribution in [3.63, 3.8) is 0 Å². The third-order valence-electron chi connectivity index (χ3n) is 6.56. The molecule has 1 amide bonds. The molecule has 2 aromatic rings. The first-order valence-electron chi connectivity index (χ1n) is 11.0. The van der Waals surface area contributed by atoms with Crippen molar-refractivity contribution < 1.29 is 14.8 Å². The number of amides is 1. The second-order valence-electron chi connectivity index (χ2n) is 8.60. The molecule has 0 spiro atoms. The minimum atomic E-state index is -0.618. The van der Waals surface area contributed by atoms with Gasteiger partial charge < -0.3 is 10.0 Å². The Morgan fingerprint density at radius 3 is 2.35 bits per heavy atom. The van der Waals surface area contributed by atoms with Crippen LogP contribution in [-0.4, -0.2) is 57.0 Å². The van der Waals surface area contributed by atoms with Gasteiger partial charge in [-0.2, -0.15) is 0 Å². The second-order valence-corrected chi connectivity index (χ2v) is 8.60. The molecule has 1 N–H and O–H groups in total.